The highest BCUT2D eigenvalue weighted by atomic mass is 14.9. The van der Waals surface area contributed by atoms with E-state index in [0.29, 0.717) is 22.8 Å². The second-order valence-electron chi connectivity index (χ2n) is 10.1. The Kier molecular flexibility index (Phi) is 2.97. The highest BCUT2D eigenvalue weighted by molar-refractivity contribution is 5.81. The van der Waals surface area contributed by atoms with Crippen molar-refractivity contribution in [2.45, 2.75) is 71.3 Å². The Labute approximate surface area is 150 Å². The van der Waals surface area contributed by atoms with Gasteiger partial charge in [-0.15, -0.1) is 0 Å². The zero-order chi connectivity index (χ0) is 17.6. The third kappa shape index (κ3) is 1.78. The lowest BCUT2D eigenvalue weighted by Gasteiger charge is -2.62. The van der Waals surface area contributed by atoms with E-state index in [1.54, 1.807) is 5.56 Å². The van der Waals surface area contributed by atoms with Gasteiger partial charge in [0.25, 0.3) is 0 Å². The molecule has 0 amide bonds. The Morgan fingerprint density at radius 1 is 1.08 bits per heavy atom. The number of aromatic nitrogens is 2. The first-order valence-electron chi connectivity index (χ1n) is 9.99. The predicted octanol–water partition coefficient (Wildman–Crippen LogP) is 4.56. The van der Waals surface area contributed by atoms with Crippen LogP contribution in [0.15, 0.2) is 18.5 Å². The second-order valence-corrected chi connectivity index (χ2v) is 10.1. The van der Waals surface area contributed by atoms with Gasteiger partial charge in [0.2, 0.25) is 0 Å². The van der Waals surface area contributed by atoms with Gasteiger partial charge < -0.3 is 10.7 Å². The first kappa shape index (κ1) is 15.9. The molecule has 2 saturated carbocycles. The number of H-pyrrole nitrogens is 1. The van der Waals surface area contributed by atoms with Gasteiger partial charge in [-0.05, 0) is 77.4 Å². The Balaban J connectivity index is 1.66. The minimum absolute atomic E-state index is 0.241. The predicted molar refractivity (Wildman–Crippen MR) is 102 cm³/mol. The van der Waals surface area contributed by atoms with E-state index in [9.17, 15) is 0 Å². The summed E-state index contributed by atoms with van der Waals surface area (Å²) < 4.78 is 0. The summed E-state index contributed by atoms with van der Waals surface area (Å²) in [5.74, 6) is 1.44. The maximum absolute atomic E-state index is 6.58. The van der Waals surface area contributed by atoms with Crippen LogP contribution in [0.5, 0.6) is 0 Å². The van der Waals surface area contributed by atoms with Crippen LogP contribution < -0.4 is 5.73 Å². The highest BCUT2D eigenvalue weighted by Gasteiger charge is 2.62. The average Bonchev–Trinajstić information content (AvgIpc) is 3.14. The molecular formula is C22H31N3. The van der Waals surface area contributed by atoms with Crippen molar-refractivity contribution in [3.05, 3.63) is 29.6 Å². The van der Waals surface area contributed by atoms with Crippen LogP contribution in [-0.2, 0) is 11.8 Å². The minimum Gasteiger partial charge on any atom is -0.345 e. The Morgan fingerprint density at radius 3 is 2.68 bits per heavy atom. The average molecular weight is 338 g/mol. The molecule has 3 aliphatic rings. The van der Waals surface area contributed by atoms with E-state index < -0.39 is 0 Å². The van der Waals surface area contributed by atoms with E-state index in [-0.39, 0.29) is 5.41 Å². The Bertz CT molecular complexity index is 850. The topological polar surface area (TPSA) is 54.7 Å². The van der Waals surface area contributed by atoms with E-state index in [0.717, 1.165) is 5.92 Å². The highest BCUT2D eigenvalue weighted by Crippen LogP contribution is 2.67. The molecule has 3 nitrogen and oxygen atoms in total. The van der Waals surface area contributed by atoms with Crippen LogP contribution in [0.1, 0.15) is 64.5 Å². The van der Waals surface area contributed by atoms with Crippen LogP contribution in [0.3, 0.4) is 0 Å². The largest absolute Gasteiger partial charge is 0.345 e. The molecule has 25 heavy (non-hydrogen) atoms. The molecule has 5 atom stereocenters. The third-order valence-electron chi connectivity index (χ3n) is 8.88. The molecule has 0 radical (unpaired) electrons. The van der Waals surface area contributed by atoms with Crippen LogP contribution >= 0.6 is 0 Å². The van der Waals surface area contributed by atoms with Crippen molar-refractivity contribution >= 4 is 11.0 Å². The number of fused-ring (bicyclic) bond motifs is 7. The summed E-state index contributed by atoms with van der Waals surface area (Å²) in [4.78, 5) is 7.97. The van der Waals surface area contributed by atoms with Gasteiger partial charge in [0.15, 0.2) is 0 Å². The fourth-order valence-electron chi connectivity index (χ4n) is 7.38. The minimum atomic E-state index is 0.241. The molecule has 5 rings (SSSR count). The molecule has 0 spiro atoms. The van der Waals surface area contributed by atoms with Crippen LogP contribution in [0, 0.1) is 22.7 Å². The van der Waals surface area contributed by atoms with E-state index in [2.05, 4.69) is 49.8 Å². The molecule has 0 bridgehead atoms. The van der Waals surface area contributed by atoms with Crippen molar-refractivity contribution in [1.29, 1.82) is 0 Å². The second kappa shape index (κ2) is 4.68. The van der Waals surface area contributed by atoms with Gasteiger partial charge in [-0.3, -0.25) is 0 Å². The SMILES string of the molecule is CC12CCC3C(C)(C)C(N)CCC3(C)C1Cc1c2ccc2[nH]cnc12. The number of hydrogen-bond acceptors (Lipinski definition) is 2. The van der Waals surface area contributed by atoms with Gasteiger partial charge in [-0.1, -0.05) is 33.8 Å². The monoisotopic (exact) mass is 337 g/mol. The summed E-state index contributed by atoms with van der Waals surface area (Å²) >= 11 is 0. The fourth-order valence-corrected chi connectivity index (χ4v) is 7.38. The Morgan fingerprint density at radius 2 is 1.88 bits per heavy atom. The van der Waals surface area contributed by atoms with Gasteiger partial charge in [0.1, 0.15) is 0 Å². The third-order valence-corrected chi connectivity index (χ3v) is 8.88. The van der Waals surface area contributed by atoms with Crippen molar-refractivity contribution in [1.82, 2.24) is 9.97 Å². The molecule has 5 unspecified atom stereocenters. The van der Waals surface area contributed by atoms with E-state index >= 15 is 0 Å². The molecule has 3 heteroatoms. The molecule has 0 aliphatic heterocycles. The zero-order valence-corrected chi connectivity index (χ0v) is 16.0. The normalized spacial score (nSPS) is 42.0. The van der Waals surface area contributed by atoms with E-state index in [1.165, 1.54) is 48.7 Å². The lowest BCUT2D eigenvalue weighted by Crippen LogP contribution is -2.60. The number of aromatic amines is 1. The van der Waals surface area contributed by atoms with Crippen molar-refractivity contribution < 1.29 is 0 Å². The number of benzene rings is 1. The lowest BCUT2D eigenvalue weighted by atomic mass is 9.43. The van der Waals surface area contributed by atoms with Crippen molar-refractivity contribution in [2.24, 2.45) is 28.4 Å². The van der Waals surface area contributed by atoms with Gasteiger partial charge in [0, 0.05) is 6.04 Å². The summed E-state index contributed by atoms with van der Waals surface area (Å²) in [5, 5.41) is 0. The van der Waals surface area contributed by atoms with Gasteiger partial charge in [0.05, 0.1) is 17.4 Å². The standard InChI is InChI=1S/C22H31N3/c1-20(2)16-7-9-21(3)14-5-6-15-19(25-12-24-15)13(14)11-17(21)22(16,4)10-8-18(20)23/h5-6,12,16-18H,7-11,23H2,1-4H3,(H,24,25). The summed E-state index contributed by atoms with van der Waals surface area (Å²) in [6.07, 6.45) is 8.08. The number of imidazole rings is 1. The molecule has 1 heterocycles. The number of hydrogen-bond donors (Lipinski definition) is 2. The quantitative estimate of drug-likeness (QED) is 0.740. The summed E-state index contributed by atoms with van der Waals surface area (Å²) in [6, 6.07) is 4.97. The first-order valence-corrected chi connectivity index (χ1v) is 9.99. The van der Waals surface area contributed by atoms with Gasteiger partial charge in [-0.2, -0.15) is 0 Å². The molecule has 0 saturated heterocycles. The molecule has 134 valence electrons. The number of nitrogens with two attached hydrogens (primary N) is 1. The molecule has 1 aromatic carbocycles. The van der Waals surface area contributed by atoms with Crippen molar-refractivity contribution in [3.8, 4) is 0 Å². The summed E-state index contributed by atoms with van der Waals surface area (Å²) in [6.45, 7) is 9.97. The van der Waals surface area contributed by atoms with Crippen LogP contribution in [0.4, 0.5) is 0 Å². The number of nitrogens with one attached hydrogen (secondary N) is 1. The van der Waals surface area contributed by atoms with E-state index in [1.807, 2.05) is 6.33 Å². The zero-order valence-electron chi connectivity index (χ0n) is 16.0. The van der Waals surface area contributed by atoms with Crippen molar-refractivity contribution in [2.75, 3.05) is 0 Å². The Hall–Kier alpha value is -1.35. The maximum Gasteiger partial charge on any atom is 0.0931 e. The summed E-state index contributed by atoms with van der Waals surface area (Å²) in [7, 11) is 0. The summed E-state index contributed by atoms with van der Waals surface area (Å²) in [5.41, 5.74) is 13.0. The maximum atomic E-state index is 6.58. The number of nitrogens with zero attached hydrogens (tertiary/aromatic N) is 1. The van der Waals surface area contributed by atoms with Crippen LogP contribution in [0.25, 0.3) is 11.0 Å². The van der Waals surface area contributed by atoms with Gasteiger partial charge in [-0.25, -0.2) is 4.98 Å². The smallest absolute Gasteiger partial charge is 0.0931 e. The molecule has 3 N–H and O–H groups in total. The molecule has 2 aromatic rings. The van der Waals surface area contributed by atoms with Crippen molar-refractivity contribution in [3.63, 3.8) is 0 Å². The van der Waals surface area contributed by atoms with Crippen LogP contribution in [-0.4, -0.2) is 16.0 Å². The molecule has 2 fully saturated rings. The van der Waals surface area contributed by atoms with E-state index in [4.69, 9.17) is 5.73 Å². The molecule has 3 aliphatic carbocycles. The van der Waals surface area contributed by atoms with Gasteiger partial charge >= 0.3 is 0 Å². The molecular weight excluding hydrogens is 306 g/mol. The molecule has 1 aromatic heterocycles. The van der Waals surface area contributed by atoms with Crippen LogP contribution in [0.2, 0.25) is 0 Å². The fraction of sp³-hybridized carbons (Fsp3) is 0.682. The lowest BCUT2D eigenvalue weighted by molar-refractivity contribution is -0.107. The first-order chi connectivity index (χ1) is 11.8. The number of rotatable bonds is 0.